The first-order valence-corrected chi connectivity index (χ1v) is 7.73. The number of aryl methyl sites for hydroxylation is 2. The molecule has 0 bridgehead atoms. The highest BCUT2D eigenvalue weighted by molar-refractivity contribution is 5.73. The van der Waals surface area contributed by atoms with Gasteiger partial charge in [0.2, 0.25) is 0 Å². The lowest BCUT2D eigenvalue weighted by atomic mass is 10.1. The molecular formula is C19H19N3O. The van der Waals surface area contributed by atoms with Crippen LogP contribution in [-0.2, 0) is 19.4 Å². The van der Waals surface area contributed by atoms with Crippen molar-refractivity contribution in [1.82, 2.24) is 15.0 Å². The topological polar surface area (TPSA) is 47.8 Å². The SMILES string of the molecule is Cc1ccc(Cn2nnc(C=O)c2CCc2ccccc2)cc1. The van der Waals surface area contributed by atoms with E-state index in [9.17, 15) is 4.79 Å². The van der Waals surface area contributed by atoms with Gasteiger partial charge in [0.05, 0.1) is 12.2 Å². The molecule has 0 atom stereocenters. The fourth-order valence-electron chi connectivity index (χ4n) is 2.60. The van der Waals surface area contributed by atoms with Crippen LogP contribution in [0.3, 0.4) is 0 Å². The maximum absolute atomic E-state index is 11.2. The number of aromatic nitrogens is 3. The van der Waals surface area contributed by atoms with Crippen molar-refractivity contribution < 1.29 is 4.79 Å². The molecule has 4 nitrogen and oxygen atoms in total. The summed E-state index contributed by atoms with van der Waals surface area (Å²) in [6.45, 7) is 2.69. The smallest absolute Gasteiger partial charge is 0.172 e. The molecule has 0 aliphatic carbocycles. The summed E-state index contributed by atoms with van der Waals surface area (Å²) in [5, 5.41) is 8.16. The highest BCUT2D eigenvalue weighted by Gasteiger charge is 2.12. The van der Waals surface area contributed by atoms with Crippen molar-refractivity contribution in [3.63, 3.8) is 0 Å². The summed E-state index contributed by atoms with van der Waals surface area (Å²) in [4.78, 5) is 11.2. The van der Waals surface area contributed by atoms with Crippen LogP contribution in [0.4, 0.5) is 0 Å². The summed E-state index contributed by atoms with van der Waals surface area (Å²) in [6, 6.07) is 18.6. The summed E-state index contributed by atoms with van der Waals surface area (Å²) in [5.41, 5.74) is 4.95. The van der Waals surface area contributed by atoms with Crippen molar-refractivity contribution in [2.75, 3.05) is 0 Å². The van der Waals surface area contributed by atoms with Gasteiger partial charge in [-0.1, -0.05) is 65.4 Å². The van der Waals surface area contributed by atoms with Crippen molar-refractivity contribution in [2.24, 2.45) is 0 Å². The van der Waals surface area contributed by atoms with E-state index >= 15 is 0 Å². The van der Waals surface area contributed by atoms with E-state index < -0.39 is 0 Å². The molecule has 0 radical (unpaired) electrons. The lowest BCUT2D eigenvalue weighted by molar-refractivity contribution is 0.111. The molecule has 116 valence electrons. The Morgan fingerprint density at radius 3 is 2.39 bits per heavy atom. The first-order valence-electron chi connectivity index (χ1n) is 7.73. The van der Waals surface area contributed by atoms with Crippen molar-refractivity contribution >= 4 is 6.29 Å². The van der Waals surface area contributed by atoms with Crippen molar-refractivity contribution in [3.05, 3.63) is 82.7 Å². The summed E-state index contributed by atoms with van der Waals surface area (Å²) in [5.74, 6) is 0. The number of aldehydes is 1. The number of benzene rings is 2. The Bertz CT molecular complexity index is 776. The molecule has 3 aromatic rings. The van der Waals surface area contributed by atoms with Gasteiger partial charge in [-0.05, 0) is 30.9 Å². The van der Waals surface area contributed by atoms with E-state index in [-0.39, 0.29) is 0 Å². The zero-order valence-electron chi connectivity index (χ0n) is 13.1. The van der Waals surface area contributed by atoms with E-state index in [0.717, 1.165) is 30.4 Å². The van der Waals surface area contributed by atoms with Gasteiger partial charge >= 0.3 is 0 Å². The number of hydrogen-bond acceptors (Lipinski definition) is 3. The van der Waals surface area contributed by atoms with Crippen LogP contribution >= 0.6 is 0 Å². The van der Waals surface area contributed by atoms with E-state index in [1.165, 1.54) is 11.1 Å². The molecule has 1 heterocycles. The van der Waals surface area contributed by atoms with Gasteiger partial charge in [0.15, 0.2) is 6.29 Å². The summed E-state index contributed by atoms with van der Waals surface area (Å²) in [7, 11) is 0. The van der Waals surface area contributed by atoms with Gasteiger partial charge in [-0.15, -0.1) is 5.10 Å². The molecule has 4 heteroatoms. The third-order valence-corrected chi connectivity index (χ3v) is 3.93. The average molecular weight is 305 g/mol. The summed E-state index contributed by atoms with van der Waals surface area (Å²) in [6.07, 6.45) is 2.40. The van der Waals surface area contributed by atoms with E-state index in [1.54, 1.807) is 0 Å². The van der Waals surface area contributed by atoms with Crippen molar-refractivity contribution in [1.29, 1.82) is 0 Å². The Labute approximate surface area is 135 Å². The van der Waals surface area contributed by atoms with E-state index in [4.69, 9.17) is 0 Å². The molecule has 1 aromatic heterocycles. The van der Waals surface area contributed by atoms with Crippen molar-refractivity contribution in [2.45, 2.75) is 26.3 Å². The van der Waals surface area contributed by atoms with Gasteiger partial charge in [0.25, 0.3) is 0 Å². The molecule has 0 unspecified atom stereocenters. The molecule has 0 N–H and O–H groups in total. The van der Waals surface area contributed by atoms with Crippen LogP contribution < -0.4 is 0 Å². The zero-order valence-corrected chi connectivity index (χ0v) is 13.1. The Morgan fingerprint density at radius 1 is 0.957 bits per heavy atom. The van der Waals surface area contributed by atoms with Crippen molar-refractivity contribution in [3.8, 4) is 0 Å². The Morgan fingerprint density at radius 2 is 1.70 bits per heavy atom. The van der Waals surface area contributed by atoms with Gasteiger partial charge in [-0.2, -0.15) is 0 Å². The summed E-state index contributed by atoms with van der Waals surface area (Å²) < 4.78 is 1.83. The second-order valence-corrected chi connectivity index (χ2v) is 5.67. The Kier molecular flexibility index (Phi) is 4.62. The van der Waals surface area contributed by atoms with E-state index in [0.29, 0.717) is 12.2 Å². The van der Waals surface area contributed by atoms with Crippen LogP contribution in [0.15, 0.2) is 54.6 Å². The van der Waals surface area contributed by atoms with E-state index in [2.05, 4.69) is 53.6 Å². The third-order valence-electron chi connectivity index (χ3n) is 3.93. The minimum atomic E-state index is 0.438. The number of hydrogen-bond donors (Lipinski definition) is 0. The minimum absolute atomic E-state index is 0.438. The van der Waals surface area contributed by atoms with Gasteiger partial charge in [0.1, 0.15) is 5.69 Å². The van der Waals surface area contributed by atoms with Crippen LogP contribution in [0.1, 0.15) is 32.9 Å². The molecule has 0 fully saturated rings. The fraction of sp³-hybridized carbons (Fsp3) is 0.211. The molecule has 0 aliphatic heterocycles. The first-order chi connectivity index (χ1) is 11.3. The minimum Gasteiger partial charge on any atom is -0.296 e. The maximum Gasteiger partial charge on any atom is 0.172 e. The molecule has 0 amide bonds. The molecular weight excluding hydrogens is 286 g/mol. The normalized spacial score (nSPS) is 10.7. The van der Waals surface area contributed by atoms with Crippen LogP contribution in [-0.4, -0.2) is 21.3 Å². The third kappa shape index (κ3) is 3.72. The standard InChI is InChI=1S/C19H19N3O/c1-15-7-9-17(10-8-15)13-22-19(18(14-23)20-21-22)12-11-16-5-3-2-4-6-16/h2-10,14H,11-13H2,1H3. The molecule has 0 saturated carbocycles. The highest BCUT2D eigenvalue weighted by atomic mass is 16.1. The first kappa shape index (κ1) is 15.2. The quantitative estimate of drug-likeness (QED) is 0.657. The van der Waals surface area contributed by atoms with E-state index in [1.807, 2.05) is 22.9 Å². The zero-order chi connectivity index (χ0) is 16.1. The Balaban J connectivity index is 1.79. The molecule has 23 heavy (non-hydrogen) atoms. The number of rotatable bonds is 6. The van der Waals surface area contributed by atoms with Gasteiger partial charge in [-0.25, -0.2) is 4.68 Å². The second-order valence-electron chi connectivity index (χ2n) is 5.67. The number of carbonyl (C=O) groups is 1. The molecule has 0 aliphatic rings. The number of carbonyl (C=O) groups excluding carboxylic acids is 1. The average Bonchev–Trinajstić information content (AvgIpc) is 2.98. The Hall–Kier alpha value is -2.75. The second kappa shape index (κ2) is 7.01. The highest BCUT2D eigenvalue weighted by Crippen LogP contribution is 2.12. The van der Waals surface area contributed by atoms with Crippen LogP contribution in [0.25, 0.3) is 0 Å². The molecule has 3 rings (SSSR count). The van der Waals surface area contributed by atoms with Gasteiger partial charge in [0, 0.05) is 0 Å². The maximum atomic E-state index is 11.2. The fourth-order valence-corrected chi connectivity index (χ4v) is 2.60. The molecule has 0 saturated heterocycles. The van der Waals surface area contributed by atoms with Crippen LogP contribution in [0.2, 0.25) is 0 Å². The van der Waals surface area contributed by atoms with Gasteiger partial charge < -0.3 is 0 Å². The predicted octanol–water partition coefficient (Wildman–Crippen LogP) is 3.23. The lowest BCUT2D eigenvalue weighted by Crippen LogP contribution is -2.08. The monoisotopic (exact) mass is 305 g/mol. The molecule has 0 spiro atoms. The molecule has 2 aromatic carbocycles. The summed E-state index contributed by atoms with van der Waals surface area (Å²) >= 11 is 0. The largest absolute Gasteiger partial charge is 0.296 e. The van der Waals surface area contributed by atoms with Crippen LogP contribution in [0.5, 0.6) is 0 Å². The predicted molar refractivity (Wildman–Crippen MR) is 89.5 cm³/mol. The van der Waals surface area contributed by atoms with Crippen LogP contribution in [0, 0.1) is 6.92 Å². The van der Waals surface area contributed by atoms with Gasteiger partial charge in [-0.3, -0.25) is 4.79 Å². The lowest BCUT2D eigenvalue weighted by Gasteiger charge is -2.08. The number of nitrogens with zero attached hydrogens (tertiary/aromatic N) is 3.